The molecule has 0 radical (unpaired) electrons. The number of amides is 1. The Balaban J connectivity index is 1.40. The summed E-state index contributed by atoms with van der Waals surface area (Å²) in [5.74, 6) is 0.00157. The molecule has 3 aromatic carbocycles. The monoisotopic (exact) mass is 460 g/mol. The predicted octanol–water partition coefficient (Wildman–Crippen LogP) is 5.65. The largest absolute Gasteiger partial charge is 0.314 e. The van der Waals surface area contributed by atoms with E-state index in [4.69, 9.17) is 16.6 Å². The summed E-state index contributed by atoms with van der Waals surface area (Å²) in [6.07, 6.45) is 5.26. The van der Waals surface area contributed by atoms with Crippen molar-refractivity contribution in [3.8, 4) is 0 Å². The van der Waals surface area contributed by atoms with E-state index < -0.39 is 0 Å². The van der Waals surface area contributed by atoms with Crippen LogP contribution in [0.2, 0.25) is 5.02 Å². The van der Waals surface area contributed by atoms with Crippen LogP contribution >= 0.6 is 23.4 Å². The number of para-hydroxylation sites is 2. The van der Waals surface area contributed by atoms with Crippen molar-refractivity contribution in [1.29, 1.82) is 0 Å². The number of carbonyl (C=O) groups excluding carboxylic acids is 1. The van der Waals surface area contributed by atoms with Crippen molar-refractivity contribution in [3.63, 3.8) is 0 Å². The minimum atomic E-state index is -0.198. The molecule has 0 saturated heterocycles. The second kappa shape index (κ2) is 10.8. The number of hydrazone groups is 1. The fraction of sp³-hybridized carbons (Fsp3) is 0.0800. The molecule has 32 heavy (non-hydrogen) atoms. The first-order valence-electron chi connectivity index (χ1n) is 10.1. The lowest BCUT2D eigenvalue weighted by molar-refractivity contribution is -0.118. The standard InChI is InChI=1S/C25H21ClN4OS/c26-21-13-5-4-12-20(21)17-30-23-15-7-6-14-22(23)28-25(30)32-18-24(31)29-27-16-8-11-19-9-2-1-3-10-19/h1-16H,17-18H2,(H,29,31). The van der Waals surface area contributed by atoms with Crippen molar-refractivity contribution in [1.82, 2.24) is 15.0 Å². The van der Waals surface area contributed by atoms with Crippen molar-refractivity contribution in [2.24, 2.45) is 5.10 Å². The van der Waals surface area contributed by atoms with E-state index in [0.717, 1.165) is 27.3 Å². The van der Waals surface area contributed by atoms with Crippen molar-refractivity contribution >= 4 is 52.6 Å². The SMILES string of the molecule is O=C(CSc1nc2ccccc2n1Cc1ccccc1Cl)NN=CC=Cc1ccccc1. The minimum absolute atomic E-state index is 0.198. The van der Waals surface area contributed by atoms with E-state index in [2.05, 4.69) is 15.1 Å². The Labute approximate surface area is 195 Å². The normalized spacial score (nSPS) is 11.5. The summed E-state index contributed by atoms with van der Waals surface area (Å²) in [7, 11) is 0. The molecule has 1 heterocycles. The Morgan fingerprint density at radius 1 is 1.03 bits per heavy atom. The number of nitrogens with zero attached hydrogens (tertiary/aromatic N) is 3. The van der Waals surface area contributed by atoms with Crippen molar-refractivity contribution < 1.29 is 4.79 Å². The third-order valence-corrected chi connectivity index (χ3v) is 6.02. The van der Waals surface area contributed by atoms with Gasteiger partial charge < -0.3 is 4.57 Å². The average molecular weight is 461 g/mol. The van der Waals surface area contributed by atoms with Gasteiger partial charge in [-0.25, -0.2) is 10.4 Å². The summed E-state index contributed by atoms with van der Waals surface area (Å²) >= 11 is 7.74. The number of benzene rings is 3. The summed E-state index contributed by atoms with van der Waals surface area (Å²) in [5.41, 5.74) is 6.50. The van der Waals surface area contributed by atoms with Gasteiger partial charge in [-0.1, -0.05) is 90.1 Å². The predicted molar refractivity (Wildman–Crippen MR) is 133 cm³/mol. The Bertz CT molecular complexity index is 1270. The maximum Gasteiger partial charge on any atom is 0.250 e. The van der Waals surface area contributed by atoms with Crippen LogP contribution in [0, 0.1) is 0 Å². The van der Waals surface area contributed by atoms with Crippen LogP contribution in [0.4, 0.5) is 0 Å². The van der Waals surface area contributed by atoms with Crippen LogP contribution in [0.25, 0.3) is 17.1 Å². The van der Waals surface area contributed by atoms with Crippen LogP contribution < -0.4 is 5.43 Å². The van der Waals surface area contributed by atoms with E-state index in [1.165, 1.54) is 11.8 Å². The van der Waals surface area contributed by atoms with Gasteiger partial charge in [0.25, 0.3) is 5.91 Å². The number of hydrogen-bond acceptors (Lipinski definition) is 4. The highest BCUT2D eigenvalue weighted by Gasteiger charge is 2.14. The topological polar surface area (TPSA) is 59.3 Å². The molecule has 160 valence electrons. The molecule has 1 N–H and O–H groups in total. The first-order valence-corrected chi connectivity index (χ1v) is 11.4. The van der Waals surface area contributed by atoms with E-state index in [-0.39, 0.29) is 11.7 Å². The summed E-state index contributed by atoms with van der Waals surface area (Å²) in [6.45, 7) is 0.576. The van der Waals surface area contributed by atoms with Gasteiger partial charge in [0.1, 0.15) is 0 Å². The van der Waals surface area contributed by atoms with Crippen LogP contribution in [0.5, 0.6) is 0 Å². The van der Waals surface area contributed by atoms with Crippen LogP contribution in [-0.4, -0.2) is 27.4 Å². The number of hydrogen-bond donors (Lipinski definition) is 1. The molecule has 1 amide bonds. The molecule has 4 aromatic rings. The summed E-state index contributed by atoms with van der Waals surface area (Å²) in [5, 5.41) is 5.44. The van der Waals surface area contributed by atoms with Gasteiger partial charge in [-0.05, 0) is 35.4 Å². The first-order chi connectivity index (χ1) is 15.7. The molecule has 1 aromatic heterocycles. The molecule has 5 nitrogen and oxygen atoms in total. The van der Waals surface area contributed by atoms with Gasteiger partial charge in [0.2, 0.25) is 0 Å². The number of fused-ring (bicyclic) bond motifs is 1. The zero-order valence-electron chi connectivity index (χ0n) is 17.2. The number of imidazole rings is 1. The molecule has 0 unspecified atom stereocenters. The molecule has 0 atom stereocenters. The Morgan fingerprint density at radius 2 is 1.78 bits per heavy atom. The summed E-state index contributed by atoms with van der Waals surface area (Å²) < 4.78 is 2.08. The van der Waals surface area contributed by atoms with Crippen molar-refractivity contribution in [2.75, 3.05) is 5.75 Å². The number of aromatic nitrogens is 2. The fourth-order valence-corrected chi connectivity index (χ4v) is 4.15. The number of nitrogens with one attached hydrogen (secondary N) is 1. The maximum absolute atomic E-state index is 12.3. The van der Waals surface area contributed by atoms with Gasteiger partial charge in [0, 0.05) is 11.2 Å². The van der Waals surface area contributed by atoms with Crippen LogP contribution in [0.15, 0.2) is 95.2 Å². The van der Waals surface area contributed by atoms with Gasteiger partial charge in [-0.3, -0.25) is 4.79 Å². The number of allylic oxidation sites excluding steroid dienone is 1. The molecule has 0 spiro atoms. The van der Waals surface area contributed by atoms with Crippen LogP contribution in [0.1, 0.15) is 11.1 Å². The third-order valence-electron chi connectivity index (χ3n) is 4.68. The lowest BCUT2D eigenvalue weighted by atomic mass is 10.2. The zero-order valence-corrected chi connectivity index (χ0v) is 18.8. The molecule has 0 saturated carbocycles. The van der Waals surface area contributed by atoms with Crippen molar-refractivity contribution in [2.45, 2.75) is 11.7 Å². The zero-order chi connectivity index (χ0) is 22.2. The van der Waals surface area contributed by atoms with E-state index in [9.17, 15) is 4.79 Å². The molecule has 0 aliphatic carbocycles. The molecule has 0 bridgehead atoms. The van der Waals surface area contributed by atoms with Gasteiger partial charge in [0.05, 0.1) is 23.3 Å². The fourth-order valence-electron chi connectivity index (χ4n) is 3.15. The first kappa shape index (κ1) is 21.9. The molecule has 7 heteroatoms. The Kier molecular flexibility index (Phi) is 7.38. The molecule has 0 fully saturated rings. The second-order valence-electron chi connectivity index (χ2n) is 6.93. The van der Waals surface area contributed by atoms with E-state index in [0.29, 0.717) is 11.6 Å². The number of rotatable bonds is 8. The van der Waals surface area contributed by atoms with Crippen LogP contribution in [0.3, 0.4) is 0 Å². The highest BCUT2D eigenvalue weighted by molar-refractivity contribution is 7.99. The van der Waals surface area contributed by atoms with E-state index in [1.54, 1.807) is 12.3 Å². The van der Waals surface area contributed by atoms with E-state index in [1.807, 2.05) is 84.9 Å². The van der Waals surface area contributed by atoms with Gasteiger partial charge in [-0.2, -0.15) is 5.10 Å². The second-order valence-corrected chi connectivity index (χ2v) is 8.28. The number of thioether (sulfide) groups is 1. The van der Waals surface area contributed by atoms with E-state index >= 15 is 0 Å². The highest BCUT2D eigenvalue weighted by Crippen LogP contribution is 2.26. The minimum Gasteiger partial charge on any atom is -0.314 e. The molecule has 0 aliphatic heterocycles. The summed E-state index contributed by atoms with van der Waals surface area (Å²) in [4.78, 5) is 17.0. The lowest BCUT2D eigenvalue weighted by Gasteiger charge is -2.10. The van der Waals surface area contributed by atoms with Gasteiger partial charge >= 0.3 is 0 Å². The molecule has 0 aliphatic rings. The summed E-state index contributed by atoms with van der Waals surface area (Å²) in [6, 6.07) is 25.5. The quantitative estimate of drug-likeness (QED) is 0.210. The highest BCUT2D eigenvalue weighted by atomic mass is 35.5. The lowest BCUT2D eigenvalue weighted by Crippen LogP contribution is -2.19. The van der Waals surface area contributed by atoms with Crippen LogP contribution in [-0.2, 0) is 11.3 Å². The maximum atomic E-state index is 12.3. The Morgan fingerprint density at radius 3 is 2.62 bits per heavy atom. The van der Waals surface area contributed by atoms with Crippen molar-refractivity contribution in [3.05, 3.63) is 101 Å². The number of halogens is 1. The third kappa shape index (κ3) is 5.66. The van der Waals surface area contributed by atoms with Gasteiger partial charge in [-0.15, -0.1) is 0 Å². The Hall–Kier alpha value is -3.35. The smallest absolute Gasteiger partial charge is 0.250 e. The number of carbonyl (C=O) groups is 1. The molecular weight excluding hydrogens is 440 g/mol. The molecule has 4 rings (SSSR count). The molecular formula is C25H21ClN4OS. The average Bonchev–Trinajstić information content (AvgIpc) is 3.17. The van der Waals surface area contributed by atoms with Gasteiger partial charge in [0.15, 0.2) is 5.16 Å².